The number of nitrogens with zero attached hydrogens (tertiary/aromatic N) is 1. The van der Waals surface area contributed by atoms with Crippen LogP contribution >= 0.6 is 28.3 Å². The predicted molar refractivity (Wildman–Crippen MR) is 91.3 cm³/mol. The molecule has 1 heterocycles. The summed E-state index contributed by atoms with van der Waals surface area (Å²) in [4.78, 5) is 0.373. The Labute approximate surface area is 141 Å². The lowest BCUT2D eigenvalue weighted by Crippen LogP contribution is -2.53. The number of halogens is 2. The lowest BCUT2D eigenvalue weighted by atomic mass is 9.81. The molecule has 0 saturated carbocycles. The van der Waals surface area contributed by atoms with Crippen LogP contribution in [0.1, 0.15) is 25.8 Å². The molecule has 1 aromatic carbocycles. The fourth-order valence-corrected chi connectivity index (χ4v) is 4.91. The molecule has 120 valence electrons. The minimum atomic E-state index is -3.46. The molecule has 1 saturated heterocycles. The molecule has 1 fully saturated rings. The summed E-state index contributed by atoms with van der Waals surface area (Å²) in [5, 5.41) is 0. The SMILES string of the molecule is Cc1c(Br)cccc1S(=O)(=O)N1CCC(N)C(C)(C)C1.Cl. The summed E-state index contributed by atoms with van der Waals surface area (Å²) in [6, 6.07) is 5.31. The lowest BCUT2D eigenvalue weighted by molar-refractivity contribution is 0.155. The van der Waals surface area contributed by atoms with Gasteiger partial charge in [-0.25, -0.2) is 8.42 Å². The van der Waals surface area contributed by atoms with Gasteiger partial charge in [0.1, 0.15) is 0 Å². The summed E-state index contributed by atoms with van der Waals surface area (Å²) in [6.45, 7) is 6.80. The zero-order chi connectivity index (χ0) is 15.1. The van der Waals surface area contributed by atoms with Crippen molar-refractivity contribution in [1.82, 2.24) is 4.31 Å². The van der Waals surface area contributed by atoms with Crippen molar-refractivity contribution < 1.29 is 8.42 Å². The van der Waals surface area contributed by atoms with Gasteiger partial charge in [-0.3, -0.25) is 0 Å². The average molecular weight is 398 g/mol. The number of piperidine rings is 1. The van der Waals surface area contributed by atoms with E-state index in [9.17, 15) is 8.42 Å². The van der Waals surface area contributed by atoms with Crippen LogP contribution in [0.2, 0.25) is 0 Å². The molecule has 1 aromatic rings. The molecule has 0 amide bonds. The van der Waals surface area contributed by atoms with Crippen LogP contribution < -0.4 is 5.73 Å². The van der Waals surface area contributed by atoms with Crippen LogP contribution in [0.5, 0.6) is 0 Å². The van der Waals surface area contributed by atoms with E-state index >= 15 is 0 Å². The van der Waals surface area contributed by atoms with Crippen molar-refractivity contribution in [3.05, 3.63) is 28.2 Å². The highest BCUT2D eigenvalue weighted by Crippen LogP contribution is 2.33. The molecule has 2 rings (SSSR count). The fraction of sp³-hybridized carbons (Fsp3) is 0.571. The van der Waals surface area contributed by atoms with Crippen LogP contribution in [0.3, 0.4) is 0 Å². The number of benzene rings is 1. The van der Waals surface area contributed by atoms with E-state index < -0.39 is 10.0 Å². The number of hydrogen-bond donors (Lipinski definition) is 1. The molecule has 2 N–H and O–H groups in total. The van der Waals surface area contributed by atoms with E-state index in [1.54, 1.807) is 16.4 Å². The molecular weight excluding hydrogens is 376 g/mol. The summed E-state index contributed by atoms with van der Waals surface area (Å²) >= 11 is 3.39. The molecule has 1 atom stereocenters. The van der Waals surface area contributed by atoms with Gasteiger partial charge < -0.3 is 5.73 Å². The third-order valence-corrected chi connectivity index (χ3v) is 6.96. The largest absolute Gasteiger partial charge is 0.327 e. The molecule has 1 aliphatic heterocycles. The quantitative estimate of drug-likeness (QED) is 0.834. The number of hydrogen-bond acceptors (Lipinski definition) is 3. The standard InChI is InChI=1S/C14H21BrN2O2S.ClH/c1-10-11(15)5-4-6-12(10)20(18,19)17-8-7-13(16)14(2,3)9-17;/h4-6,13H,7-9,16H2,1-3H3;1H. The maximum Gasteiger partial charge on any atom is 0.243 e. The second-order valence-corrected chi connectivity index (χ2v) is 8.85. The van der Waals surface area contributed by atoms with Gasteiger partial charge in [0.15, 0.2) is 0 Å². The van der Waals surface area contributed by atoms with Crippen molar-refractivity contribution in [2.45, 2.75) is 38.1 Å². The summed E-state index contributed by atoms with van der Waals surface area (Å²) < 4.78 is 28.0. The van der Waals surface area contributed by atoms with E-state index in [0.717, 1.165) is 10.0 Å². The van der Waals surface area contributed by atoms with Gasteiger partial charge in [0.2, 0.25) is 10.0 Å². The summed E-state index contributed by atoms with van der Waals surface area (Å²) in [7, 11) is -3.46. The van der Waals surface area contributed by atoms with E-state index in [-0.39, 0.29) is 23.9 Å². The molecule has 7 heteroatoms. The molecule has 1 aliphatic rings. The first kappa shape index (κ1) is 18.9. The molecule has 21 heavy (non-hydrogen) atoms. The van der Waals surface area contributed by atoms with Crippen LogP contribution in [0.4, 0.5) is 0 Å². The summed E-state index contributed by atoms with van der Waals surface area (Å²) in [5.41, 5.74) is 6.63. The van der Waals surface area contributed by atoms with E-state index in [2.05, 4.69) is 15.9 Å². The van der Waals surface area contributed by atoms with Gasteiger partial charge in [-0.2, -0.15) is 4.31 Å². The predicted octanol–water partition coefficient (Wildman–Crippen LogP) is 2.93. The van der Waals surface area contributed by atoms with E-state index in [0.29, 0.717) is 24.4 Å². The normalized spacial score (nSPS) is 22.6. The van der Waals surface area contributed by atoms with Crippen molar-refractivity contribution in [3.63, 3.8) is 0 Å². The Balaban J connectivity index is 0.00000220. The molecule has 0 spiro atoms. The molecule has 0 radical (unpaired) electrons. The van der Waals surface area contributed by atoms with E-state index in [1.165, 1.54) is 0 Å². The smallest absolute Gasteiger partial charge is 0.243 e. The van der Waals surface area contributed by atoms with Crippen molar-refractivity contribution in [2.75, 3.05) is 13.1 Å². The highest BCUT2D eigenvalue weighted by Gasteiger charge is 2.39. The van der Waals surface area contributed by atoms with Gasteiger partial charge in [-0.05, 0) is 36.5 Å². The van der Waals surface area contributed by atoms with Gasteiger partial charge >= 0.3 is 0 Å². The molecule has 0 aliphatic carbocycles. The van der Waals surface area contributed by atoms with Crippen LogP contribution in [-0.4, -0.2) is 31.9 Å². The zero-order valence-corrected chi connectivity index (χ0v) is 15.7. The Kier molecular flexibility index (Phi) is 5.89. The molecule has 0 bridgehead atoms. The van der Waals surface area contributed by atoms with Crippen LogP contribution in [0.15, 0.2) is 27.6 Å². The van der Waals surface area contributed by atoms with Gasteiger partial charge in [-0.15, -0.1) is 12.4 Å². The number of nitrogens with two attached hydrogens (primary N) is 1. The van der Waals surface area contributed by atoms with Crippen molar-refractivity contribution in [3.8, 4) is 0 Å². The van der Waals surface area contributed by atoms with Gasteiger partial charge in [0.05, 0.1) is 4.90 Å². The number of sulfonamides is 1. The van der Waals surface area contributed by atoms with Crippen molar-refractivity contribution in [1.29, 1.82) is 0 Å². The molecular formula is C14H22BrClN2O2S. The van der Waals surface area contributed by atoms with Crippen LogP contribution in [0.25, 0.3) is 0 Å². The third kappa shape index (κ3) is 3.62. The van der Waals surface area contributed by atoms with Gasteiger partial charge in [0, 0.05) is 23.6 Å². The second-order valence-electron chi connectivity index (χ2n) is 6.09. The van der Waals surface area contributed by atoms with Crippen LogP contribution in [-0.2, 0) is 10.0 Å². The summed E-state index contributed by atoms with van der Waals surface area (Å²) in [5.74, 6) is 0. The number of rotatable bonds is 2. The lowest BCUT2D eigenvalue weighted by Gasteiger charge is -2.41. The maximum atomic E-state index is 12.8. The van der Waals surface area contributed by atoms with Crippen LogP contribution in [0, 0.1) is 12.3 Å². The van der Waals surface area contributed by atoms with Crippen molar-refractivity contribution in [2.24, 2.45) is 11.1 Å². The Hall–Kier alpha value is -0.140. The minimum absolute atomic E-state index is 0. The maximum absolute atomic E-state index is 12.8. The topological polar surface area (TPSA) is 63.4 Å². The third-order valence-electron chi connectivity index (χ3n) is 4.11. The Bertz CT molecular complexity index is 619. The van der Waals surface area contributed by atoms with E-state index in [4.69, 9.17) is 5.73 Å². The fourth-order valence-electron chi connectivity index (χ4n) is 2.54. The van der Waals surface area contributed by atoms with Gasteiger partial charge in [0.25, 0.3) is 0 Å². The molecule has 1 unspecified atom stereocenters. The highest BCUT2D eigenvalue weighted by molar-refractivity contribution is 9.10. The first-order valence-corrected chi connectivity index (χ1v) is 8.90. The Morgan fingerprint density at radius 1 is 1.38 bits per heavy atom. The summed E-state index contributed by atoms with van der Waals surface area (Å²) in [6.07, 6.45) is 0.694. The molecule has 0 aromatic heterocycles. The van der Waals surface area contributed by atoms with Gasteiger partial charge in [-0.1, -0.05) is 35.8 Å². The monoisotopic (exact) mass is 396 g/mol. The zero-order valence-electron chi connectivity index (χ0n) is 12.5. The van der Waals surface area contributed by atoms with E-state index in [1.807, 2.05) is 26.8 Å². The highest BCUT2D eigenvalue weighted by atomic mass is 79.9. The minimum Gasteiger partial charge on any atom is -0.327 e. The first-order valence-electron chi connectivity index (χ1n) is 6.67. The molecule has 4 nitrogen and oxygen atoms in total. The average Bonchev–Trinajstić information content (AvgIpc) is 2.35. The second kappa shape index (κ2) is 6.54. The Morgan fingerprint density at radius 3 is 2.57 bits per heavy atom. The first-order chi connectivity index (χ1) is 9.16. The Morgan fingerprint density at radius 2 is 2.00 bits per heavy atom. The van der Waals surface area contributed by atoms with Crippen molar-refractivity contribution >= 4 is 38.4 Å².